The molecule has 0 bridgehead atoms. The van der Waals surface area contributed by atoms with E-state index in [1.165, 1.54) is 24.3 Å². The maximum atomic E-state index is 12.2. The van der Waals surface area contributed by atoms with Crippen molar-refractivity contribution >= 4 is 39.3 Å². The number of rotatable bonds is 8. The van der Waals surface area contributed by atoms with Crippen molar-refractivity contribution in [1.29, 1.82) is 5.26 Å². The van der Waals surface area contributed by atoms with Gasteiger partial charge in [0.1, 0.15) is 27.9 Å². The molecule has 9 nitrogen and oxygen atoms in total. The highest BCUT2D eigenvalue weighted by Gasteiger charge is 2.26. The van der Waals surface area contributed by atoms with E-state index in [0.717, 1.165) is 18.0 Å². The highest BCUT2D eigenvalue weighted by Crippen LogP contribution is 2.42. The zero-order chi connectivity index (χ0) is 23.3. The summed E-state index contributed by atoms with van der Waals surface area (Å²) < 4.78 is 27.4. The highest BCUT2D eigenvalue weighted by atomic mass is 32.2. The second-order valence-corrected chi connectivity index (χ2v) is 9.34. The van der Waals surface area contributed by atoms with Crippen molar-refractivity contribution in [2.24, 2.45) is 5.73 Å². The number of primary amides is 1. The lowest BCUT2D eigenvalue weighted by Crippen LogP contribution is -2.20. The van der Waals surface area contributed by atoms with Crippen LogP contribution in [0.2, 0.25) is 0 Å². The molecular formula is C20H21N5O4S2. The summed E-state index contributed by atoms with van der Waals surface area (Å²) in [6, 6.07) is 7.98. The molecule has 2 rings (SSSR count). The van der Waals surface area contributed by atoms with E-state index in [1.807, 2.05) is 6.92 Å². The molecule has 0 aliphatic heterocycles. The van der Waals surface area contributed by atoms with Crippen LogP contribution >= 0.6 is 11.8 Å². The molecule has 1 unspecified atom stereocenters. The zero-order valence-corrected chi connectivity index (χ0v) is 19.0. The van der Waals surface area contributed by atoms with Crippen molar-refractivity contribution in [2.75, 3.05) is 25.3 Å². The van der Waals surface area contributed by atoms with Gasteiger partial charge < -0.3 is 14.8 Å². The fourth-order valence-corrected chi connectivity index (χ4v) is 4.36. The molecule has 31 heavy (non-hydrogen) atoms. The lowest BCUT2D eigenvalue weighted by atomic mass is 10.1. The second kappa shape index (κ2) is 9.69. The fourth-order valence-electron chi connectivity index (χ4n) is 2.84. The molecule has 1 heterocycles. The predicted molar refractivity (Wildman–Crippen MR) is 119 cm³/mol. The molecule has 11 heteroatoms. The highest BCUT2D eigenvalue weighted by molar-refractivity contribution is 8.00. The fraction of sp³-hybridized carbons (Fsp3) is 0.300. The van der Waals surface area contributed by atoms with Crippen LogP contribution in [-0.2, 0) is 21.3 Å². The Hall–Kier alpha value is -3.28. The maximum absolute atomic E-state index is 12.2. The Labute approximate surface area is 185 Å². The van der Waals surface area contributed by atoms with Crippen LogP contribution in [0.5, 0.6) is 5.75 Å². The summed E-state index contributed by atoms with van der Waals surface area (Å²) in [6.07, 6.45) is 1.37. The van der Waals surface area contributed by atoms with E-state index < -0.39 is 21.3 Å². The first-order chi connectivity index (χ1) is 14.5. The van der Waals surface area contributed by atoms with Gasteiger partial charge in [0.25, 0.3) is 0 Å². The van der Waals surface area contributed by atoms with E-state index in [4.69, 9.17) is 16.5 Å². The normalized spacial score (nSPS) is 11.8. The zero-order valence-electron chi connectivity index (χ0n) is 17.4. The van der Waals surface area contributed by atoms with Crippen molar-refractivity contribution in [1.82, 2.24) is 4.98 Å². The number of carbonyl (C=O) groups excluding carboxylic acids is 1. The summed E-state index contributed by atoms with van der Waals surface area (Å²) in [5.41, 5.74) is 7.19. The van der Waals surface area contributed by atoms with Gasteiger partial charge in [0.15, 0.2) is 0 Å². The Morgan fingerprint density at radius 3 is 2.42 bits per heavy atom. The number of thioether (sulfide) groups is 1. The summed E-state index contributed by atoms with van der Waals surface area (Å²) >= 11 is 1.00. The number of hydrogen-bond donors (Lipinski definition) is 1. The van der Waals surface area contributed by atoms with E-state index in [2.05, 4.69) is 15.9 Å². The molecule has 2 aromatic rings. The Morgan fingerprint density at radius 1 is 1.39 bits per heavy atom. The van der Waals surface area contributed by atoms with Gasteiger partial charge in [-0.05, 0) is 29.7 Å². The summed E-state index contributed by atoms with van der Waals surface area (Å²) in [5, 5.41) is 9.13. The van der Waals surface area contributed by atoms with Crippen LogP contribution in [0.3, 0.4) is 0 Å². The number of benzene rings is 1. The van der Waals surface area contributed by atoms with Gasteiger partial charge in [-0.25, -0.2) is 9.83 Å². The quantitative estimate of drug-likeness (QED) is 0.362. The third kappa shape index (κ3) is 5.66. The van der Waals surface area contributed by atoms with Gasteiger partial charge in [-0.3, -0.25) is 4.79 Å². The molecule has 0 saturated carbocycles. The van der Waals surface area contributed by atoms with Gasteiger partial charge in [0.05, 0.1) is 18.4 Å². The van der Waals surface area contributed by atoms with Gasteiger partial charge in [-0.1, -0.05) is 30.8 Å². The summed E-state index contributed by atoms with van der Waals surface area (Å²) in [7, 11) is -0.205. The Morgan fingerprint density at radius 2 is 2.00 bits per heavy atom. The van der Waals surface area contributed by atoms with Crippen LogP contribution in [0, 0.1) is 17.9 Å². The summed E-state index contributed by atoms with van der Waals surface area (Å²) in [4.78, 5) is 21.9. The first-order valence-electron chi connectivity index (χ1n) is 8.99. The van der Waals surface area contributed by atoms with Gasteiger partial charge in [-0.2, -0.15) is 13.7 Å². The molecule has 2 N–H and O–H groups in total. The molecule has 162 valence electrons. The average Bonchev–Trinajstić information content (AvgIpc) is 2.69. The first-order valence-corrected chi connectivity index (χ1v) is 11.7. The number of nitriles is 1. The van der Waals surface area contributed by atoms with E-state index >= 15 is 0 Å². The van der Waals surface area contributed by atoms with E-state index in [9.17, 15) is 18.5 Å². The minimum Gasteiger partial charge on any atom is -0.383 e. The minimum atomic E-state index is -3.68. The van der Waals surface area contributed by atoms with E-state index in [1.54, 1.807) is 19.0 Å². The van der Waals surface area contributed by atoms with Crippen molar-refractivity contribution in [2.45, 2.75) is 23.6 Å². The van der Waals surface area contributed by atoms with Gasteiger partial charge in [0, 0.05) is 14.1 Å². The van der Waals surface area contributed by atoms with Gasteiger partial charge in [0.2, 0.25) is 11.6 Å². The second-order valence-electron chi connectivity index (χ2n) is 6.67. The smallest absolute Gasteiger partial charge is 0.306 e. The number of anilines is 1. The summed E-state index contributed by atoms with van der Waals surface area (Å²) in [6.45, 7) is 9.34. The Balaban J connectivity index is 2.55. The van der Waals surface area contributed by atoms with Crippen molar-refractivity contribution in [3.63, 3.8) is 0 Å². The summed E-state index contributed by atoms with van der Waals surface area (Å²) in [5.74, 6) is -0.167. The molecule has 1 aromatic carbocycles. The molecule has 0 radical (unpaired) electrons. The largest absolute Gasteiger partial charge is 0.383 e. The average molecular weight is 460 g/mol. The SMILES string of the molecule is [C-]#[N+]c1c(N(C)C)nc(SC(C(N)=O)c2ccc(OS(C)(=O)=O)cc2)c(C#N)c1CC. The van der Waals surface area contributed by atoms with Crippen LogP contribution in [0.4, 0.5) is 11.5 Å². The number of nitrogens with two attached hydrogens (primary N) is 1. The van der Waals surface area contributed by atoms with Crippen LogP contribution in [-0.4, -0.2) is 39.7 Å². The monoisotopic (exact) mass is 459 g/mol. The predicted octanol–water partition coefficient (Wildman–Crippen LogP) is 2.79. The van der Waals surface area contributed by atoms with Gasteiger partial charge in [-0.15, -0.1) is 0 Å². The third-order valence-electron chi connectivity index (χ3n) is 4.14. The Bertz CT molecular complexity index is 1180. The van der Waals surface area contributed by atoms with Crippen LogP contribution in [0.25, 0.3) is 4.85 Å². The molecule has 0 fully saturated rings. The third-order valence-corrected chi connectivity index (χ3v) is 5.89. The Kier molecular flexibility index (Phi) is 7.50. The van der Waals surface area contributed by atoms with Crippen LogP contribution in [0.15, 0.2) is 29.3 Å². The molecule has 0 spiro atoms. The number of pyridine rings is 1. The van der Waals surface area contributed by atoms with Gasteiger partial charge >= 0.3 is 10.1 Å². The first kappa shape index (κ1) is 24.0. The molecule has 1 amide bonds. The number of nitrogens with zero attached hydrogens (tertiary/aromatic N) is 4. The topological polar surface area (TPSA) is 131 Å². The van der Waals surface area contributed by atoms with E-state index in [-0.39, 0.29) is 16.3 Å². The lowest BCUT2D eigenvalue weighted by molar-refractivity contribution is -0.117. The number of carbonyl (C=O) groups is 1. The number of amides is 1. The van der Waals surface area contributed by atoms with Crippen molar-refractivity contribution in [3.8, 4) is 11.8 Å². The lowest BCUT2D eigenvalue weighted by Gasteiger charge is -2.20. The molecule has 1 aromatic heterocycles. The molecule has 0 aliphatic carbocycles. The molecule has 1 atom stereocenters. The number of aromatic nitrogens is 1. The van der Waals surface area contributed by atoms with E-state index in [0.29, 0.717) is 29.1 Å². The molecular weight excluding hydrogens is 438 g/mol. The molecule has 0 saturated heterocycles. The van der Waals surface area contributed by atoms with Crippen LogP contribution in [0.1, 0.15) is 28.9 Å². The maximum Gasteiger partial charge on any atom is 0.306 e. The van der Waals surface area contributed by atoms with Crippen LogP contribution < -0.4 is 14.8 Å². The number of hydrogen-bond acceptors (Lipinski definition) is 8. The molecule has 0 aliphatic rings. The standard InChI is InChI=1S/C20H21N5O4S2/c1-6-14-15(11-21)20(24-19(25(3)4)16(14)23-2)30-17(18(22)26)12-7-9-13(10-8-12)29-31(5,27)28/h7-10,17H,6H2,1,3-5H3,(H2,22,26). The van der Waals surface area contributed by atoms with Crippen molar-refractivity contribution < 1.29 is 17.4 Å². The minimum absolute atomic E-state index is 0.0971. The van der Waals surface area contributed by atoms with Crippen molar-refractivity contribution in [3.05, 3.63) is 52.4 Å².